The molecule has 3 rings (SSSR count). The van der Waals surface area contributed by atoms with Crippen LogP contribution >= 0.6 is 0 Å². The average molecular weight is 339 g/mol. The molecule has 0 aliphatic heterocycles. The molecule has 130 valence electrons. The van der Waals surface area contributed by atoms with Gasteiger partial charge in [0.1, 0.15) is 18.2 Å². The van der Waals surface area contributed by atoms with Crippen LogP contribution in [0, 0.1) is 6.92 Å². The van der Waals surface area contributed by atoms with Crippen molar-refractivity contribution in [3.63, 3.8) is 0 Å². The zero-order chi connectivity index (χ0) is 17.6. The number of oxazole rings is 1. The van der Waals surface area contributed by atoms with E-state index in [1.807, 2.05) is 42.3 Å². The number of aliphatic imine (C=N–C) groups is 1. The third-order valence-electron chi connectivity index (χ3n) is 3.74. The summed E-state index contributed by atoms with van der Waals surface area (Å²) in [4.78, 5) is 10.8. The van der Waals surface area contributed by atoms with Crippen LogP contribution in [0.15, 0.2) is 56.8 Å². The standard InChI is InChI=1S/C18H21N5O2/c1-13-4-6-14(7-5-13)17-21-16(12-24-17)10-20-18(19-2)23(3)11-15-8-9-25-22-15/h4-9,12H,10-11H2,1-3H3,(H,19,20). The quantitative estimate of drug-likeness (QED) is 0.569. The van der Waals surface area contributed by atoms with E-state index in [0.29, 0.717) is 19.0 Å². The van der Waals surface area contributed by atoms with E-state index in [4.69, 9.17) is 8.94 Å². The van der Waals surface area contributed by atoms with Crippen LogP contribution in [0.1, 0.15) is 17.0 Å². The van der Waals surface area contributed by atoms with Gasteiger partial charge in [-0.1, -0.05) is 22.9 Å². The summed E-state index contributed by atoms with van der Waals surface area (Å²) < 4.78 is 10.4. The smallest absolute Gasteiger partial charge is 0.226 e. The summed E-state index contributed by atoms with van der Waals surface area (Å²) in [5.74, 6) is 1.35. The van der Waals surface area contributed by atoms with Crippen LogP contribution in [0.25, 0.3) is 11.5 Å². The van der Waals surface area contributed by atoms with E-state index in [1.165, 1.54) is 5.56 Å². The van der Waals surface area contributed by atoms with Gasteiger partial charge in [-0.25, -0.2) is 4.98 Å². The van der Waals surface area contributed by atoms with Crippen molar-refractivity contribution in [2.45, 2.75) is 20.0 Å². The Hall–Kier alpha value is -3.09. The summed E-state index contributed by atoms with van der Waals surface area (Å²) in [5.41, 5.74) is 3.82. The summed E-state index contributed by atoms with van der Waals surface area (Å²) in [7, 11) is 3.67. The van der Waals surface area contributed by atoms with Gasteiger partial charge in [0.05, 0.1) is 18.8 Å². The van der Waals surface area contributed by atoms with Gasteiger partial charge in [0.2, 0.25) is 5.89 Å². The Bertz CT molecular complexity index is 822. The van der Waals surface area contributed by atoms with Gasteiger partial charge in [0, 0.05) is 25.7 Å². The zero-order valence-electron chi connectivity index (χ0n) is 14.6. The van der Waals surface area contributed by atoms with Crippen LogP contribution in [0.3, 0.4) is 0 Å². The lowest BCUT2D eigenvalue weighted by Crippen LogP contribution is -2.38. The highest BCUT2D eigenvalue weighted by atomic mass is 16.5. The Balaban J connectivity index is 1.59. The molecule has 2 heterocycles. The lowest BCUT2D eigenvalue weighted by molar-refractivity contribution is 0.391. The molecule has 2 aromatic heterocycles. The van der Waals surface area contributed by atoms with Gasteiger partial charge < -0.3 is 19.2 Å². The van der Waals surface area contributed by atoms with Gasteiger partial charge in [-0.15, -0.1) is 0 Å². The highest BCUT2D eigenvalue weighted by Crippen LogP contribution is 2.19. The molecule has 0 radical (unpaired) electrons. The number of aromatic nitrogens is 2. The second-order valence-electron chi connectivity index (χ2n) is 5.76. The molecule has 0 saturated heterocycles. The molecule has 0 fully saturated rings. The average Bonchev–Trinajstić information content (AvgIpc) is 3.28. The Morgan fingerprint density at radius 1 is 1.20 bits per heavy atom. The molecule has 0 amide bonds. The molecule has 7 nitrogen and oxygen atoms in total. The summed E-state index contributed by atoms with van der Waals surface area (Å²) in [6.07, 6.45) is 3.22. The highest BCUT2D eigenvalue weighted by molar-refractivity contribution is 5.79. The number of nitrogens with one attached hydrogen (secondary N) is 1. The van der Waals surface area contributed by atoms with E-state index < -0.39 is 0 Å². The van der Waals surface area contributed by atoms with Crippen LogP contribution in [-0.2, 0) is 13.1 Å². The lowest BCUT2D eigenvalue weighted by Gasteiger charge is -2.20. The van der Waals surface area contributed by atoms with E-state index >= 15 is 0 Å². The summed E-state index contributed by atoms with van der Waals surface area (Å²) >= 11 is 0. The van der Waals surface area contributed by atoms with Gasteiger partial charge in [0.25, 0.3) is 0 Å². The Morgan fingerprint density at radius 3 is 2.68 bits per heavy atom. The fourth-order valence-corrected chi connectivity index (χ4v) is 2.41. The van der Waals surface area contributed by atoms with E-state index in [0.717, 1.165) is 22.9 Å². The molecule has 0 unspecified atom stereocenters. The van der Waals surface area contributed by atoms with E-state index in [9.17, 15) is 0 Å². The van der Waals surface area contributed by atoms with Crippen LogP contribution in [-0.4, -0.2) is 35.1 Å². The molecular weight excluding hydrogens is 318 g/mol. The SMILES string of the molecule is CN=C(NCc1coc(-c2ccc(C)cc2)n1)N(C)Cc1ccon1. The summed E-state index contributed by atoms with van der Waals surface area (Å²) in [6.45, 7) is 3.17. The highest BCUT2D eigenvalue weighted by Gasteiger charge is 2.11. The van der Waals surface area contributed by atoms with Crippen LogP contribution < -0.4 is 5.32 Å². The molecule has 7 heteroatoms. The fourth-order valence-electron chi connectivity index (χ4n) is 2.41. The number of hydrogen-bond donors (Lipinski definition) is 1. The number of nitrogens with zero attached hydrogens (tertiary/aromatic N) is 4. The molecule has 3 aromatic rings. The van der Waals surface area contributed by atoms with Gasteiger partial charge >= 0.3 is 0 Å². The summed E-state index contributed by atoms with van der Waals surface area (Å²) in [6, 6.07) is 9.91. The third kappa shape index (κ3) is 4.26. The molecule has 0 saturated carbocycles. The van der Waals surface area contributed by atoms with E-state index in [1.54, 1.807) is 19.6 Å². The van der Waals surface area contributed by atoms with Crippen molar-refractivity contribution in [2.24, 2.45) is 4.99 Å². The van der Waals surface area contributed by atoms with Gasteiger partial charge in [-0.05, 0) is 19.1 Å². The molecule has 0 bridgehead atoms. The van der Waals surface area contributed by atoms with E-state index in [-0.39, 0.29) is 0 Å². The lowest BCUT2D eigenvalue weighted by atomic mass is 10.1. The second kappa shape index (κ2) is 7.65. The molecule has 1 aromatic carbocycles. The first-order valence-electron chi connectivity index (χ1n) is 7.98. The van der Waals surface area contributed by atoms with Crippen molar-refractivity contribution in [3.05, 3.63) is 59.8 Å². The maximum absolute atomic E-state index is 5.58. The van der Waals surface area contributed by atoms with Crippen LogP contribution in [0.2, 0.25) is 0 Å². The second-order valence-corrected chi connectivity index (χ2v) is 5.76. The third-order valence-corrected chi connectivity index (χ3v) is 3.74. The minimum atomic E-state index is 0.519. The largest absolute Gasteiger partial charge is 0.444 e. The topological polar surface area (TPSA) is 79.7 Å². The molecular formula is C18H21N5O2. The Labute approximate surface area is 146 Å². The van der Waals surface area contributed by atoms with Crippen molar-refractivity contribution >= 4 is 5.96 Å². The Morgan fingerprint density at radius 2 is 2.00 bits per heavy atom. The normalized spacial score (nSPS) is 11.6. The first-order valence-corrected chi connectivity index (χ1v) is 7.98. The van der Waals surface area contributed by atoms with E-state index in [2.05, 4.69) is 27.4 Å². The first kappa shape index (κ1) is 16.8. The van der Waals surface area contributed by atoms with Crippen LogP contribution in [0.5, 0.6) is 0 Å². The zero-order valence-corrected chi connectivity index (χ0v) is 14.6. The summed E-state index contributed by atoms with van der Waals surface area (Å²) in [5, 5.41) is 7.17. The molecule has 0 aliphatic rings. The van der Waals surface area contributed by atoms with Gasteiger partial charge in [-0.3, -0.25) is 4.99 Å². The molecule has 25 heavy (non-hydrogen) atoms. The Kier molecular flexibility index (Phi) is 5.13. The van der Waals surface area contributed by atoms with Crippen molar-refractivity contribution < 1.29 is 8.94 Å². The first-order chi connectivity index (χ1) is 12.2. The van der Waals surface area contributed by atoms with Crippen LogP contribution in [0.4, 0.5) is 0 Å². The molecule has 0 atom stereocenters. The maximum atomic E-state index is 5.58. The number of benzene rings is 1. The number of hydrogen-bond acceptors (Lipinski definition) is 5. The molecule has 0 spiro atoms. The number of guanidine groups is 1. The maximum Gasteiger partial charge on any atom is 0.226 e. The monoisotopic (exact) mass is 339 g/mol. The predicted octanol–water partition coefficient (Wildman–Crippen LogP) is 2.85. The van der Waals surface area contributed by atoms with Gasteiger partial charge in [-0.2, -0.15) is 0 Å². The predicted molar refractivity (Wildman–Crippen MR) is 94.8 cm³/mol. The minimum absolute atomic E-state index is 0.519. The van der Waals surface area contributed by atoms with Crippen molar-refractivity contribution in [2.75, 3.05) is 14.1 Å². The number of aryl methyl sites for hydroxylation is 1. The van der Waals surface area contributed by atoms with Crippen molar-refractivity contribution in [1.82, 2.24) is 20.4 Å². The molecule has 0 aliphatic carbocycles. The van der Waals surface area contributed by atoms with Crippen molar-refractivity contribution in [3.8, 4) is 11.5 Å². The number of rotatable bonds is 5. The van der Waals surface area contributed by atoms with Crippen molar-refractivity contribution in [1.29, 1.82) is 0 Å². The fraction of sp³-hybridized carbons (Fsp3) is 0.278. The van der Waals surface area contributed by atoms with Gasteiger partial charge in [0.15, 0.2) is 5.96 Å². The minimum Gasteiger partial charge on any atom is -0.444 e. The molecule has 1 N–H and O–H groups in total.